The highest BCUT2D eigenvalue weighted by Crippen LogP contribution is 2.18. The lowest BCUT2D eigenvalue weighted by molar-refractivity contribution is 0.712. The summed E-state index contributed by atoms with van der Waals surface area (Å²) in [5.74, 6) is 1.03. The molecule has 0 bridgehead atoms. The summed E-state index contributed by atoms with van der Waals surface area (Å²) in [5, 5.41) is 3.09. The van der Waals surface area contributed by atoms with E-state index in [0.717, 1.165) is 23.6 Å². The van der Waals surface area contributed by atoms with Crippen molar-refractivity contribution in [1.82, 2.24) is 19.9 Å². The zero-order valence-corrected chi connectivity index (χ0v) is 8.94. The van der Waals surface area contributed by atoms with Gasteiger partial charge in [-0.1, -0.05) is 0 Å². The van der Waals surface area contributed by atoms with Crippen LogP contribution in [0.2, 0.25) is 0 Å². The van der Waals surface area contributed by atoms with E-state index in [2.05, 4.69) is 19.9 Å². The van der Waals surface area contributed by atoms with Gasteiger partial charge in [-0.3, -0.25) is 4.98 Å². The molecule has 0 radical (unpaired) electrons. The summed E-state index contributed by atoms with van der Waals surface area (Å²) >= 11 is 0. The standard InChI is InChI=1S/C11H14N4/c1-12-8-11-14-7-10(15(11)2)9-3-5-13-6-4-9/h3-7,12H,8H2,1-2H3. The van der Waals surface area contributed by atoms with Gasteiger partial charge in [0.2, 0.25) is 0 Å². The first kappa shape index (κ1) is 9.86. The summed E-state index contributed by atoms with van der Waals surface area (Å²) < 4.78 is 2.09. The Morgan fingerprint density at radius 1 is 1.33 bits per heavy atom. The maximum atomic E-state index is 4.36. The van der Waals surface area contributed by atoms with Crippen molar-refractivity contribution in [2.45, 2.75) is 6.54 Å². The number of hydrogen-bond donors (Lipinski definition) is 1. The highest BCUT2D eigenvalue weighted by molar-refractivity contribution is 5.58. The second-order valence-electron chi connectivity index (χ2n) is 3.38. The van der Waals surface area contributed by atoms with Crippen molar-refractivity contribution in [3.05, 3.63) is 36.5 Å². The smallest absolute Gasteiger partial charge is 0.122 e. The van der Waals surface area contributed by atoms with Crippen molar-refractivity contribution < 1.29 is 0 Å². The van der Waals surface area contributed by atoms with Gasteiger partial charge < -0.3 is 9.88 Å². The summed E-state index contributed by atoms with van der Waals surface area (Å²) in [6, 6.07) is 3.97. The van der Waals surface area contributed by atoms with E-state index < -0.39 is 0 Å². The molecule has 0 saturated carbocycles. The first-order valence-corrected chi connectivity index (χ1v) is 4.88. The van der Waals surface area contributed by atoms with Crippen LogP contribution in [-0.2, 0) is 13.6 Å². The van der Waals surface area contributed by atoms with Crippen LogP contribution >= 0.6 is 0 Å². The molecular formula is C11H14N4. The van der Waals surface area contributed by atoms with Gasteiger partial charge in [-0.15, -0.1) is 0 Å². The SMILES string of the molecule is CNCc1ncc(-c2ccncc2)n1C. The molecule has 0 aliphatic rings. The Labute approximate surface area is 89.0 Å². The van der Waals surface area contributed by atoms with Crippen LogP contribution in [0.25, 0.3) is 11.3 Å². The van der Waals surface area contributed by atoms with Crippen molar-refractivity contribution >= 4 is 0 Å². The molecule has 0 aromatic carbocycles. The molecule has 2 heterocycles. The molecule has 0 amide bonds. The quantitative estimate of drug-likeness (QED) is 0.813. The minimum Gasteiger partial charge on any atom is -0.330 e. The van der Waals surface area contributed by atoms with E-state index in [1.807, 2.05) is 32.4 Å². The van der Waals surface area contributed by atoms with Crippen LogP contribution in [0.1, 0.15) is 5.82 Å². The molecule has 4 nitrogen and oxygen atoms in total. The third-order valence-electron chi connectivity index (χ3n) is 2.40. The van der Waals surface area contributed by atoms with Crippen LogP contribution in [0, 0.1) is 0 Å². The fourth-order valence-corrected chi connectivity index (χ4v) is 1.56. The van der Waals surface area contributed by atoms with Gasteiger partial charge in [0.25, 0.3) is 0 Å². The average Bonchev–Trinajstić information content (AvgIpc) is 2.63. The normalized spacial score (nSPS) is 10.5. The van der Waals surface area contributed by atoms with E-state index in [4.69, 9.17) is 0 Å². The van der Waals surface area contributed by atoms with Gasteiger partial charge in [-0.25, -0.2) is 4.98 Å². The zero-order chi connectivity index (χ0) is 10.7. The predicted molar refractivity (Wildman–Crippen MR) is 59.2 cm³/mol. The van der Waals surface area contributed by atoms with Crippen LogP contribution in [-0.4, -0.2) is 21.6 Å². The maximum absolute atomic E-state index is 4.36. The van der Waals surface area contributed by atoms with Gasteiger partial charge in [-0.05, 0) is 19.2 Å². The molecule has 0 aliphatic carbocycles. The number of imidazole rings is 1. The molecule has 0 atom stereocenters. The number of rotatable bonds is 3. The number of nitrogens with zero attached hydrogens (tertiary/aromatic N) is 3. The first-order chi connectivity index (χ1) is 7.33. The Morgan fingerprint density at radius 2 is 2.07 bits per heavy atom. The molecule has 0 saturated heterocycles. The van der Waals surface area contributed by atoms with Crippen molar-refractivity contribution in [1.29, 1.82) is 0 Å². The summed E-state index contributed by atoms with van der Waals surface area (Å²) in [6.45, 7) is 0.779. The van der Waals surface area contributed by atoms with Gasteiger partial charge in [0.05, 0.1) is 18.4 Å². The Kier molecular flexibility index (Phi) is 2.78. The highest BCUT2D eigenvalue weighted by Gasteiger charge is 2.06. The minimum atomic E-state index is 0.779. The van der Waals surface area contributed by atoms with E-state index in [1.54, 1.807) is 12.4 Å². The van der Waals surface area contributed by atoms with Crippen LogP contribution in [0.5, 0.6) is 0 Å². The molecular weight excluding hydrogens is 188 g/mol. The third kappa shape index (κ3) is 1.89. The first-order valence-electron chi connectivity index (χ1n) is 4.88. The van der Waals surface area contributed by atoms with Crippen molar-refractivity contribution in [3.8, 4) is 11.3 Å². The van der Waals surface area contributed by atoms with E-state index >= 15 is 0 Å². The van der Waals surface area contributed by atoms with E-state index in [0.29, 0.717) is 0 Å². The van der Waals surface area contributed by atoms with Gasteiger partial charge in [0.1, 0.15) is 5.82 Å². The summed E-state index contributed by atoms with van der Waals surface area (Å²) in [7, 11) is 3.94. The monoisotopic (exact) mass is 202 g/mol. The van der Waals surface area contributed by atoms with Crippen LogP contribution in [0.4, 0.5) is 0 Å². The molecule has 78 valence electrons. The lowest BCUT2D eigenvalue weighted by atomic mass is 10.2. The summed E-state index contributed by atoms with van der Waals surface area (Å²) in [4.78, 5) is 8.36. The highest BCUT2D eigenvalue weighted by atomic mass is 15.1. The van der Waals surface area contributed by atoms with Gasteiger partial charge in [0, 0.05) is 25.0 Å². The van der Waals surface area contributed by atoms with Crippen molar-refractivity contribution in [3.63, 3.8) is 0 Å². The number of nitrogens with one attached hydrogen (secondary N) is 1. The second-order valence-corrected chi connectivity index (χ2v) is 3.38. The van der Waals surface area contributed by atoms with Crippen molar-refractivity contribution in [2.24, 2.45) is 7.05 Å². The molecule has 15 heavy (non-hydrogen) atoms. The summed E-state index contributed by atoms with van der Waals surface area (Å²) in [5.41, 5.74) is 2.25. The molecule has 2 rings (SSSR count). The number of pyridine rings is 1. The van der Waals surface area contributed by atoms with E-state index in [-0.39, 0.29) is 0 Å². The van der Waals surface area contributed by atoms with E-state index in [1.165, 1.54) is 0 Å². The zero-order valence-electron chi connectivity index (χ0n) is 8.94. The Hall–Kier alpha value is -1.68. The molecule has 2 aromatic heterocycles. The predicted octanol–water partition coefficient (Wildman–Crippen LogP) is 1.20. The van der Waals surface area contributed by atoms with Gasteiger partial charge in [-0.2, -0.15) is 0 Å². The van der Waals surface area contributed by atoms with Gasteiger partial charge in [0.15, 0.2) is 0 Å². The van der Waals surface area contributed by atoms with Crippen LogP contribution in [0.15, 0.2) is 30.7 Å². The Morgan fingerprint density at radius 3 is 2.73 bits per heavy atom. The van der Waals surface area contributed by atoms with E-state index in [9.17, 15) is 0 Å². The fourth-order valence-electron chi connectivity index (χ4n) is 1.56. The average molecular weight is 202 g/mol. The number of aromatic nitrogens is 3. The molecule has 0 aliphatic heterocycles. The topological polar surface area (TPSA) is 42.7 Å². The summed E-state index contributed by atoms with van der Waals surface area (Å²) in [6.07, 6.45) is 5.47. The number of hydrogen-bond acceptors (Lipinski definition) is 3. The van der Waals surface area contributed by atoms with Crippen molar-refractivity contribution in [2.75, 3.05) is 7.05 Å². The Bertz CT molecular complexity index is 433. The fraction of sp³-hybridized carbons (Fsp3) is 0.273. The molecule has 0 fully saturated rings. The molecule has 0 spiro atoms. The lowest BCUT2D eigenvalue weighted by Gasteiger charge is -2.05. The molecule has 1 N–H and O–H groups in total. The minimum absolute atomic E-state index is 0.779. The Balaban J connectivity index is 2.38. The largest absolute Gasteiger partial charge is 0.330 e. The molecule has 4 heteroatoms. The van der Waals surface area contributed by atoms with Gasteiger partial charge >= 0.3 is 0 Å². The van der Waals surface area contributed by atoms with Crippen LogP contribution in [0.3, 0.4) is 0 Å². The molecule has 0 unspecified atom stereocenters. The molecule has 2 aromatic rings. The maximum Gasteiger partial charge on any atom is 0.122 e. The second kappa shape index (κ2) is 4.23. The third-order valence-corrected chi connectivity index (χ3v) is 2.40. The van der Waals surface area contributed by atoms with Crippen LogP contribution < -0.4 is 5.32 Å². The lowest BCUT2D eigenvalue weighted by Crippen LogP contribution is -2.10.